The number of carbonyl (C=O) groups is 1. The monoisotopic (exact) mass is 322 g/mol. The van der Waals surface area contributed by atoms with Gasteiger partial charge in [0.25, 0.3) is 0 Å². The Morgan fingerprint density at radius 2 is 2.22 bits per heavy atom. The van der Waals surface area contributed by atoms with Crippen LogP contribution >= 0.6 is 0 Å². The molecule has 1 aliphatic rings. The van der Waals surface area contributed by atoms with E-state index in [4.69, 9.17) is 4.74 Å². The van der Waals surface area contributed by atoms with Crippen molar-refractivity contribution < 1.29 is 9.53 Å². The van der Waals surface area contributed by atoms with Gasteiger partial charge in [-0.05, 0) is 58.6 Å². The molecule has 1 aliphatic heterocycles. The van der Waals surface area contributed by atoms with Gasteiger partial charge in [0, 0.05) is 32.4 Å². The molecule has 130 valence electrons. The average Bonchev–Trinajstić information content (AvgIpc) is 2.88. The molecule has 0 aliphatic carbocycles. The van der Waals surface area contributed by atoms with Crippen molar-refractivity contribution in [2.75, 3.05) is 19.6 Å². The van der Waals surface area contributed by atoms with E-state index in [-0.39, 0.29) is 12.1 Å². The van der Waals surface area contributed by atoms with E-state index in [9.17, 15) is 4.79 Å². The van der Waals surface area contributed by atoms with E-state index in [2.05, 4.69) is 10.4 Å². The van der Waals surface area contributed by atoms with Crippen LogP contribution < -0.4 is 5.32 Å². The summed E-state index contributed by atoms with van der Waals surface area (Å²) in [4.78, 5) is 14.2. The minimum Gasteiger partial charge on any atom is -0.444 e. The Morgan fingerprint density at radius 3 is 2.87 bits per heavy atom. The van der Waals surface area contributed by atoms with Crippen LogP contribution in [0.15, 0.2) is 12.4 Å². The summed E-state index contributed by atoms with van der Waals surface area (Å²) in [5.41, 5.74) is 0.792. The summed E-state index contributed by atoms with van der Waals surface area (Å²) >= 11 is 0. The molecule has 0 spiro atoms. The second-order valence-corrected chi connectivity index (χ2v) is 7.30. The average molecular weight is 322 g/mol. The van der Waals surface area contributed by atoms with Crippen LogP contribution in [0.4, 0.5) is 4.79 Å². The molecule has 1 atom stereocenters. The SMILES string of the molecule is Cn1cc(CCNCC2CCCCN2C(=O)OC(C)(C)C)cn1. The fraction of sp³-hybridized carbons (Fsp3) is 0.765. The standard InChI is InChI=1S/C17H30N4O2/c1-17(2,3)23-16(22)21-10-6-5-7-15(21)12-18-9-8-14-11-19-20(4)13-14/h11,13,15,18H,5-10,12H2,1-4H3. The highest BCUT2D eigenvalue weighted by atomic mass is 16.6. The fourth-order valence-electron chi connectivity index (χ4n) is 2.88. The van der Waals surface area contributed by atoms with Gasteiger partial charge >= 0.3 is 6.09 Å². The van der Waals surface area contributed by atoms with Gasteiger partial charge in [-0.2, -0.15) is 5.10 Å². The van der Waals surface area contributed by atoms with Gasteiger partial charge in [-0.3, -0.25) is 4.68 Å². The largest absolute Gasteiger partial charge is 0.444 e. The minimum absolute atomic E-state index is 0.184. The number of carbonyl (C=O) groups excluding carboxylic acids is 1. The Bertz CT molecular complexity index is 507. The lowest BCUT2D eigenvalue weighted by Crippen LogP contribution is -2.50. The minimum atomic E-state index is -0.438. The highest BCUT2D eigenvalue weighted by molar-refractivity contribution is 5.68. The molecule has 1 saturated heterocycles. The van der Waals surface area contributed by atoms with Crippen molar-refractivity contribution in [1.29, 1.82) is 0 Å². The second kappa shape index (κ2) is 7.81. The van der Waals surface area contributed by atoms with Crippen molar-refractivity contribution in [3.05, 3.63) is 18.0 Å². The summed E-state index contributed by atoms with van der Waals surface area (Å²) in [7, 11) is 1.93. The number of likely N-dealkylation sites (tertiary alicyclic amines) is 1. The maximum Gasteiger partial charge on any atom is 0.410 e. The van der Waals surface area contributed by atoms with E-state index >= 15 is 0 Å². The number of hydrogen-bond acceptors (Lipinski definition) is 4. The number of nitrogens with zero attached hydrogens (tertiary/aromatic N) is 3. The summed E-state index contributed by atoms with van der Waals surface area (Å²) in [6, 6.07) is 0.229. The number of aryl methyl sites for hydroxylation is 1. The van der Waals surface area contributed by atoms with Gasteiger partial charge in [0.15, 0.2) is 0 Å². The molecule has 0 bridgehead atoms. The number of aromatic nitrogens is 2. The summed E-state index contributed by atoms with van der Waals surface area (Å²) in [6.07, 6.45) is 7.98. The number of ether oxygens (including phenoxy) is 1. The van der Waals surface area contributed by atoms with Gasteiger partial charge < -0.3 is 15.0 Å². The molecule has 2 rings (SSSR count). The van der Waals surface area contributed by atoms with Crippen LogP contribution in [0.2, 0.25) is 0 Å². The van der Waals surface area contributed by atoms with Crippen molar-refractivity contribution >= 4 is 6.09 Å². The number of amides is 1. The molecule has 6 nitrogen and oxygen atoms in total. The Labute approximate surface area is 139 Å². The molecule has 0 radical (unpaired) electrons. The quantitative estimate of drug-likeness (QED) is 0.845. The van der Waals surface area contributed by atoms with E-state index in [1.165, 1.54) is 12.0 Å². The molecular formula is C17H30N4O2. The zero-order valence-electron chi connectivity index (χ0n) is 14.8. The third-order valence-corrected chi connectivity index (χ3v) is 3.98. The van der Waals surface area contributed by atoms with Gasteiger partial charge in [0.1, 0.15) is 5.60 Å². The molecule has 23 heavy (non-hydrogen) atoms. The first-order chi connectivity index (χ1) is 10.8. The maximum atomic E-state index is 12.3. The van der Waals surface area contributed by atoms with Crippen LogP contribution in [0, 0.1) is 0 Å². The summed E-state index contributed by atoms with van der Waals surface area (Å²) in [6.45, 7) is 8.25. The Hall–Kier alpha value is -1.56. The Balaban J connectivity index is 1.78. The molecule has 0 saturated carbocycles. The van der Waals surface area contributed by atoms with Crippen molar-refractivity contribution in [1.82, 2.24) is 20.0 Å². The van der Waals surface area contributed by atoms with E-state index < -0.39 is 5.60 Å². The number of piperidine rings is 1. The summed E-state index contributed by atoms with van der Waals surface area (Å²) < 4.78 is 7.35. The summed E-state index contributed by atoms with van der Waals surface area (Å²) in [5.74, 6) is 0. The Morgan fingerprint density at radius 1 is 1.43 bits per heavy atom. The molecule has 1 N–H and O–H groups in total. The normalized spacial score (nSPS) is 19.0. The Kier molecular flexibility index (Phi) is 6.04. The predicted molar refractivity (Wildman–Crippen MR) is 90.4 cm³/mol. The van der Waals surface area contributed by atoms with Crippen LogP contribution in [0.25, 0.3) is 0 Å². The van der Waals surface area contributed by atoms with Gasteiger partial charge in [-0.1, -0.05) is 0 Å². The highest BCUT2D eigenvalue weighted by Gasteiger charge is 2.30. The topological polar surface area (TPSA) is 59.4 Å². The van der Waals surface area contributed by atoms with Crippen LogP contribution in [0.5, 0.6) is 0 Å². The van der Waals surface area contributed by atoms with Crippen molar-refractivity contribution in [3.63, 3.8) is 0 Å². The van der Waals surface area contributed by atoms with Crippen molar-refractivity contribution in [2.24, 2.45) is 7.05 Å². The number of hydrogen-bond donors (Lipinski definition) is 1. The van der Waals surface area contributed by atoms with E-state index in [0.29, 0.717) is 0 Å². The van der Waals surface area contributed by atoms with Crippen LogP contribution in [0.3, 0.4) is 0 Å². The van der Waals surface area contributed by atoms with Crippen molar-refractivity contribution in [2.45, 2.75) is 58.1 Å². The smallest absolute Gasteiger partial charge is 0.410 e. The highest BCUT2D eigenvalue weighted by Crippen LogP contribution is 2.20. The fourth-order valence-corrected chi connectivity index (χ4v) is 2.88. The molecule has 1 unspecified atom stereocenters. The first kappa shape index (κ1) is 17.8. The van der Waals surface area contributed by atoms with E-state index in [1.54, 1.807) is 0 Å². The summed E-state index contributed by atoms with van der Waals surface area (Å²) in [5, 5.41) is 7.65. The zero-order chi connectivity index (χ0) is 16.9. The lowest BCUT2D eigenvalue weighted by Gasteiger charge is -2.37. The molecule has 1 aromatic rings. The van der Waals surface area contributed by atoms with Gasteiger partial charge in [-0.15, -0.1) is 0 Å². The first-order valence-electron chi connectivity index (χ1n) is 8.53. The van der Waals surface area contributed by atoms with Gasteiger partial charge in [-0.25, -0.2) is 4.79 Å². The lowest BCUT2D eigenvalue weighted by molar-refractivity contribution is 0.00999. The first-order valence-corrected chi connectivity index (χ1v) is 8.53. The predicted octanol–water partition coefficient (Wildman–Crippen LogP) is 2.34. The molecular weight excluding hydrogens is 292 g/mol. The van der Waals surface area contributed by atoms with E-state index in [0.717, 1.165) is 38.9 Å². The zero-order valence-corrected chi connectivity index (χ0v) is 14.8. The number of rotatable bonds is 5. The van der Waals surface area contributed by atoms with Crippen LogP contribution in [0.1, 0.15) is 45.6 Å². The molecule has 1 aromatic heterocycles. The molecule has 0 aromatic carbocycles. The molecule has 2 heterocycles. The lowest BCUT2D eigenvalue weighted by atomic mass is 10.0. The third-order valence-electron chi connectivity index (χ3n) is 3.98. The van der Waals surface area contributed by atoms with E-state index in [1.807, 2.05) is 49.8 Å². The second-order valence-electron chi connectivity index (χ2n) is 7.30. The van der Waals surface area contributed by atoms with Gasteiger partial charge in [0.2, 0.25) is 0 Å². The molecule has 1 amide bonds. The molecule has 1 fully saturated rings. The van der Waals surface area contributed by atoms with Gasteiger partial charge in [0.05, 0.1) is 6.20 Å². The van der Waals surface area contributed by atoms with Crippen LogP contribution in [-0.2, 0) is 18.2 Å². The van der Waals surface area contributed by atoms with Crippen molar-refractivity contribution in [3.8, 4) is 0 Å². The third kappa shape index (κ3) is 5.86. The molecule has 6 heteroatoms. The van der Waals surface area contributed by atoms with Crippen LogP contribution in [-0.4, -0.2) is 52.1 Å². The maximum absolute atomic E-state index is 12.3. The number of nitrogens with one attached hydrogen (secondary N) is 1.